The number of hydrogen-bond acceptors (Lipinski definition) is 6. The van der Waals surface area contributed by atoms with Crippen molar-refractivity contribution in [3.63, 3.8) is 0 Å². The zero-order valence-electron chi connectivity index (χ0n) is 19.8. The number of carbonyl (C=O) groups is 1. The Kier molecular flexibility index (Phi) is 4.77. The normalized spacial score (nSPS) is 20.1. The summed E-state index contributed by atoms with van der Waals surface area (Å²) in [7, 11) is 0. The van der Waals surface area contributed by atoms with Gasteiger partial charge in [-0.3, -0.25) is 24.1 Å². The number of amides is 1. The number of para-hydroxylation sites is 1. The molecule has 0 bridgehead atoms. The Labute approximate surface area is 213 Å². The van der Waals surface area contributed by atoms with Gasteiger partial charge in [-0.15, -0.1) is 0 Å². The van der Waals surface area contributed by atoms with Gasteiger partial charge in [0.25, 0.3) is 5.91 Å². The number of hydrogen-bond donors (Lipinski definition) is 1. The number of halogens is 2. The fourth-order valence-electron chi connectivity index (χ4n) is 5.93. The molecule has 0 saturated carbocycles. The van der Waals surface area contributed by atoms with Crippen LogP contribution in [0.5, 0.6) is 5.75 Å². The molecule has 2 aromatic carbocycles. The molecule has 1 saturated heterocycles. The van der Waals surface area contributed by atoms with Crippen molar-refractivity contribution in [3.05, 3.63) is 109 Å². The van der Waals surface area contributed by atoms with Gasteiger partial charge in [-0.05, 0) is 17.7 Å². The maximum Gasteiger partial charge on any atom is 0.278 e. The van der Waals surface area contributed by atoms with E-state index < -0.39 is 40.9 Å². The van der Waals surface area contributed by atoms with E-state index in [1.54, 1.807) is 34.0 Å². The van der Waals surface area contributed by atoms with Crippen molar-refractivity contribution in [2.75, 3.05) is 24.8 Å². The molecule has 7 rings (SSSR count). The lowest BCUT2D eigenvalue weighted by Gasteiger charge is -2.51. The summed E-state index contributed by atoms with van der Waals surface area (Å²) >= 11 is 0. The van der Waals surface area contributed by atoms with Crippen LogP contribution in [0.1, 0.15) is 33.2 Å². The Morgan fingerprint density at radius 2 is 1.76 bits per heavy atom. The monoisotopic (exact) mass is 518 g/mol. The van der Waals surface area contributed by atoms with Gasteiger partial charge >= 0.3 is 0 Å². The molecule has 0 radical (unpaired) electrons. The first-order chi connectivity index (χ1) is 18.4. The quantitative estimate of drug-likeness (QED) is 0.415. The second-order valence-electron chi connectivity index (χ2n) is 9.54. The van der Waals surface area contributed by atoms with E-state index in [2.05, 4.69) is 0 Å². The largest absolute Gasteiger partial charge is 0.502 e. The van der Waals surface area contributed by atoms with E-state index in [4.69, 9.17) is 4.74 Å². The molecular formula is C27H20F2N4O5. The van der Waals surface area contributed by atoms with Gasteiger partial charge < -0.3 is 19.3 Å². The molecule has 2 atom stereocenters. The topological polar surface area (TPSA) is 97.0 Å². The molecule has 5 heterocycles. The van der Waals surface area contributed by atoms with E-state index in [-0.39, 0.29) is 43.0 Å². The lowest BCUT2D eigenvalue weighted by Crippen LogP contribution is -2.66. The summed E-state index contributed by atoms with van der Waals surface area (Å²) in [6.45, 7) is 0.497. The number of rotatable bonds is 1. The van der Waals surface area contributed by atoms with Gasteiger partial charge in [-0.2, -0.15) is 0 Å². The van der Waals surface area contributed by atoms with E-state index in [9.17, 15) is 23.9 Å². The summed E-state index contributed by atoms with van der Waals surface area (Å²) in [4.78, 5) is 40.2. The average Bonchev–Trinajstić information content (AvgIpc) is 3.06. The Hall–Kier alpha value is -4.51. The first-order valence-electron chi connectivity index (χ1n) is 12.1. The number of pyridine rings is 2. The third kappa shape index (κ3) is 2.96. The van der Waals surface area contributed by atoms with Crippen molar-refractivity contribution in [3.8, 4) is 5.75 Å². The van der Waals surface area contributed by atoms with Gasteiger partial charge in [0.05, 0.1) is 25.3 Å². The van der Waals surface area contributed by atoms with E-state index in [1.807, 2.05) is 0 Å². The van der Waals surface area contributed by atoms with Crippen LogP contribution in [-0.4, -0.2) is 51.1 Å². The first kappa shape index (κ1) is 22.7. The van der Waals surface area contributed by atoms with E-state index in [0.29, 0.717) is 22.0 Å². The molecule has 192 valence electrons. The lowest BCUT2D eigenvalue weighted by molar-refractivity contribution is -0.0196. The average molecular weight is 518 g/mol. The van der Waals surface area contributed by atoms with Crippen molar-refractivity contribution in [2.45, 2.75) is 18.8 Å². The van der Waals surface area contributed by atoms with E-state index in [0.717, 1.165) is 12.1 Å². The molecule has 2 aromatic heterocycles. The lowest BCUT2D eigenvalue weighted by atomic mass is 9.92. The number of aromatic hydroxyl groups is 1. The minimum atomic E-state index is -1.01. The van der Waals surface area contributed by atoms with Crippen LogP contribution in [0.3, 0.4) is 0 Å². The van der Waals surface area contributed by atoms with Gasteiger partial charge in [0.15, 0.2) is 28.5 Å². The smallest absolute Gasteiger partial charge is 0.278 e. The van der Waals surface area contributed by atoms with Gasteiger partial charge in [-0.1, -0.05) is 18.2 Å². The standard InChI is InChI=1S/C27H20F2N4O5/c28-18-5-4-14-17(22(18)29)12-30-8-6-19(34)15-2-1-3-16(23(15)30)24(14)33-21-13-38-11-10-31(21)27(37)25-26(36)20(35)7-9-32(25)33/h1-9,21,24,36H,10-13H2/t21-,24+/m1/s1. The number of ether oxygens (including phenoxy) is 1. The Balaban J connectivity index is 1.62. The molecule has 1 fully saturated rings. The molecule has 1 amide bonds. The molecule has 3 aliphatic rings. The Bertz CT molecular complexity index is 1800. The SMILES string of the molecule is O=C1c2c(O)c(=O)ccn2N([C@H]2c3ccc(F)c(F)c3Cn3ccc(=O)c4cccc2c43)[C@@H]2COCCN12. The Morgan fingerprint density at radius 3 is 2.61 bits per heavy atom. The molecular weight excluding hydrogens is 498 g/mol. The predicted molar refractivity (Wildman–Crippen MR) is 132 cm³/mol. The maximum atomic E-state index is 15.5. The van der Waals surface area contributed by atoms with Crippen LogP contribution in [0, 0.1) is 11.6 Å². The highest BCUT2D eigenvalue weighted by molar-refractivity contribution is 5.96. The third-order valence-corrected chi connectivity index (χ3v) is 7.61. The van der Waals surface area contributed by atoms with Crippen LogP contribution in [0.15, 0.2) is 64.4 Å². The summed E-state index contributed by atoms with van der Waals surface area (Å²) < 4.78 is 38.8. The fourth-order valence-corrected chi connectivity index (χ4v) is 5.93. The molecule has 0 spiro atoms. The van der Waals surface area contributed by atoms with Crippen LogP contribution in [0.25, 0.3) is 10.9 Å². The first-order valence-corrected chi connectivity index (χ1v) is 12.1. The summed E-state index contributed by atoms with van der Waals surface area (Å²) in [6.07, 6.45) is 2.22. The molecule has 4 aromatic rings. The van der Waals surface area contributed by atoms with Crippen LogP contribution in [-0.2, 0) is 11.3 Å². The molecule has 3 aliphatic heterocycles. The number of aromatic nitrogens is 2. The van der Waals surface area contributed by atoms with Gasteiger partial charge in [0.1, 0.15) is 12.2 Å². The molecule has 38 heavy (non-hydrogen) atoms. The van der Waals surface area contributed by atoms with Crippen LogP contribution in [0.2, 0.25) is 0 Å². The van der Waals surface area contributed by atoms with Crippen LogP contribution >= 0.6 is 0 Å². The zero-order chi connectivity index (χ0) is 26.3. The third-order valence-electron chi connectivity index (χ3n) is 7.61. The van der Waals surface area contributed by atoms with Gasteiger partial charge in [0.2, 0.25) is 5.43 Å². The van der Waals surface area contributed by atoms with Gasteiger partial charge in [0, 0.05) is 47.6 Å². The Morgan fingerprint density at radius 1 is 0.947 bits per heavy atom. The second-order valence-corrected chi connectivity index (χ2v) is 9.54. The molecule has 0 aliphatic carbocycles. The highest BCUT2D eigenvalue weighted by Crippen LogP contribution is 2.42. The van der Waals surface area contributed by atoms with Crippen molar-refractivity contribution in [1.82, 2.24) is 14.1 Å². The predicted octanol–water partition coefficient (Wildman–Crippen LogP) is 2.05. The van der Waals surface area contributed by atoms with E-state index in [1.165, 1.54) is 27.9 Å². The number of fused-ring (bicyclic) bond motifs is 3. The molecule has 9 nitrogen and oxygen atoms in total. The summed E-state index contributed by atoms with van der Waals surface area (Å²) in [5, 5.41) is 12.8. The number of benzene rings is 2. The van der Waals surface area contributed by atoms with Crippen molar-refractivity contribution >= 4 is 16.8 Å². The summed E-state index contributed by atoms with van der Waals surface area (Å²) in [5.41, 5.74) is 0.459. The fraction of sp³-hybridized carbons (Fsp3) is 0.222. The van der Waals surface area contributed by atoms with Crippen LogP contribution < -0.4 is 15.9 Å². The van der Waals surface area contributed by atoms with Crippen molar-refractivity contribution < 1.29 is 23.4 Å². The number of morpholine rings is 1. The van der Waals surface area contributed by atoms with Crippen LogP contribution in [0.4, 0.5) is 8.78 Å². The van der Waals surface area contributed by atoms with E-state index >= 15 is 4.39 Å². The highest BCUT2D eigenvalue weighted by Gasteiger charge is 2.46. The molecule has 1 N–H and O–H groups in total. The number of carbonyl (C=O) groups excluding carboxylic acids is 1. The summed E-state index contributed by atoms with van der Waals surface area (Å²) in [6, 6.07) is 9.40. The minimum Gasteiger partial charge on any atom is -0.502 e. The van der Waals surface area contributed by atoms with Crippen molar-refractivity contribution in [1.29, 1.82) is 0 Å². The van der Waals surface area contributed by atoms with Gasteiger partial charge in [-0.25, -0.2) is 8.78 Å². The highest BCUT2D eigenvalue weighted by atomic mass is 19.2. The van der Waals surface area contributed by atoms with Crippen molar-refractivity contribution in [2.24, 2.45) is 0 Å². The second kappa shape index (κ2) is 7.99. The molecule has 0 unspecified atom stereocenters. The minimum absolute atomic E-state index is 0.0385. The molecule has 11 heteroatoms. The number of nitrogens with zero attached hydrogens (tertiary/aromatic N) is 4. The zero-order valence-corrected chi connectivity index (χ0v) is 19.8. The maximum absolute atomic E-state index is 15.5. The summed E-state index contributed by atoms with van der Waals surface area (Å²) in [5.74, 6) is -3.27.